The van der Waals surface area contributed by atoms with E-state index in [4.69, 9.17) is 0 Å². The summed E-state index contributed by atoms with van der Waals surface area (Å²) in [6.45, 7) is 5.66. The normalized spacial score (nSPS) is 29.2. The molecule has 2 atom stereocenters. The molecule has 4 nitrogen and oxygen atoms in total. The van der Waals surface area contributed by atoms with E-state index < -0.39 is 0 Å². The maximum Gasteiger partial charge on any atom is 0.0728 e. The van der Waals surface area contributed by atoms with Gasteiger partial charge in [-0.25, -0.2) is 0 Å². The van der Waals surface area contributed by atoms with Crippen LogP contribution >= 0.6 is 0 Å². The molecule has 2 aliphatic heterocycles. The molecule has 0 bridgehead atoms. The quantitative estimate of drug-likeness (QED) is 0.867. The van der Waals surface area contributed by atoms with Crippen LogP contribution in [0.3, 0.4) is 0 Å². The minimum atomic E-state index is 0.642. The summed E-state index contributed by atoms with van der Waals surface area (Å²) in [5.74, 6) is 0. The molecule has 2 fully saturated rings. The molecule has 2 unspecified atom stereocenters. The van der Waals surface area contributed by atoms with Gasteiger partial charge in [-0.2, -0.15) is 5.10 Å². The highest BCUT2D eigenvalue weighted by Gasteiger charge is 2.31. The van der Waals surface area contributed by atoms with Crippen LogP contribution in [0.2, 0.25) is 0 Å². The zero-order chi connectivity index (χ0) is 11.7. The molecule has 3 heterocycles. The number of aromatic nitrogens is 2. The van der Waals surface area contributed by atoms with Crippen LogP contribution in [0.1, 0.15) is 32.6 Å². The largest absolute Gasteiger partial charge is 0.380 e. The second-order valence-electron chi connectivity index (χ2n) is 5.28. The number of fused-ring (bicyclic) bond motifs is 1. The Labute approximate surface area is 103 Å². The van der Waals surface area contributed by atoms with E-state index in [1.54, 1.807) is 0 Å². The van der Waals surface area contributed by atoms with Gasteiger partial charge in [0.1, 0.15) is 0 Å². The average Bonchev–Trinajstić information content (AvgIpc) is 2.96. The molecule has 0 aromatic carbocycles. The van der Waals surface area contributed by atoms with E-state index in [0.717, 1.165) is 12.6 Å². The van der Waals surface area contributed by atoms with Crippen molar-refractivity contribution < 1.29 is 0 Å². The summed E-state index contributed by atoms with van der Waals surface area (Å²) in [4.78, 5) is 2.66. The van der Waals surface area contributed by atoms with Gasteiger partial charge in [-0.15, -0.1) is 0 Å². The molecule has 0 spiro atoms. The minimum Gasteiger partial charge on any atom is -0.380 e. The molecule has 0 aliphatic carbocycles. The molecule has 0 saturated carbocycles. The number of hydrogen-bond acceptors (Lipinski definition) is 3. The first kappa shape index (κ1) is 11.1. The lowest BCUT2D eigenvalue weighted by Crippen LogP contribution is -2.42. The van der Waals surface area contributed by atoms with Gasteiger partial charge in [0.15, 0.2) is 0 Å². The first-order chi connectivity index (χ1) is 8.35. The van der Waals surface area contributed by atoms with Crippen molar-refractivity contribution >= 4 is 5.69 Å². The Morgan fingerprint density at radius 3 is 3.18 bits per heavy atom. The Kier molecular flexibility index (Phi) is 3.05. The summed E-state index contributed by atoms with van der Waals surface area (Å²) >= 11 is 0. The number of nitrogens with zero attached hydrogens (tertiary/aromatic N) is 3. The van der Waals surface area contributed by atoms with Gasteiger partial charge in [0.25, 0.3) is 0 Å². The highest BCUT2D eigenvalue weighted by molar-refractivity contribution is 5.39. The van der Waals surface area contributed by atoms with E-state index in [1.807, 2.05) is 10.9 Å². The van der Waals surface area contributed by atoms with Gasteiger partial charge >= 0.3 is 0 Å². The van der Waals surface area contributed by atoms with Crippen LogP contribution in [-0.4, -0.2) is 39.9 Å². The maximum atomic E-state index is 4.31. The predicted molar refractivity (Wildman–Crippen MR) is 69.1 cm³/mol. The number of anilines is 1. The topological polar surface area (TPSA) is 33.1 Å². The molecule has 1 aromatic heterocycles. The van der Waals surface area contributed by atoms with Gasteiger partial charge in [0.2, 0.25) is 0 Å². The Bertz CT molecular complexity index is 373. The first-order valence-electron chi connectivity index (χ1n) is 6.88. The van der Waals surface area contributed by atoms with E-state index in [0.29, 0.717) is 6.04 Å². The molecule has 0 radical (unpaired) electrons. The summed E-state index contributed by atoms with van der Waals surface area (Å²) in [5.41, 5.74) is 1.18. The lowest BCUT2D eigenvalue weighted by atomic mass is 9.97. The molecular formula is C13H22N4. The third kappa shape index (κ3) is 2.32. The Hall–Kier alpha value is -1.03. The van der Waals surface area contributed by atoms with Crippen molar-refractivity contribution in [2.45, 2.75) is 51.2 Å². The highest BCUT2D eigenvalue weighted by Crippen LogP contribution is 2.28. The number of nitrogens with one attached hydrogen (secondary N) is 1. The van der Waals surface area contributed by atoms with E-state index in [9.17, 15) is 0 Å². The van der Waals surface area contributed by atoms with Crippen LogP contribution in [0.4, 0.5) is 5.69 Å². The third-order valence-corrected chi connectivity index (χ3v) is 4.15. The van der Waals surface area contributed by atoms with Crippen LogP contribution in [0, 0.1) is 0 Å². The first-order valence-corrected chi connectivity index (χ1v) is 6.88. The number of piperidine rings is 1. The maximum absolute atomic E-state index is 4.31. The SMILES string of the molecule is CCn1cc(NC2CCN3CCCC3C2)cn1. The number of hydrogen-bond donors (Lipinski definition) is 1. The van der Waals surface area contributed by atoms with E-state index >= 15 is 0 Å². The number of aryl methyl sites for hydroxylation is 1. The summed E-state index contributed by atoms with van der Waals surface area (Å²) in [7, 11) is 0. The molecule has 0 amide bonds. The monoisotopic (exact) mass is 234 g/mol. The summed E-state index contributed by atoms with van der Waals surface area (Å²) < 4.78 is 1.98. The third-order valence-electron chi connectivity index (χ3n) is 4.15. The van der Waals surface area contributed by atoms with Gasteiger partial charge in [-0.05, 0) is 39.2 Å². The summed E-state index contributed by atoms with van der Waals surface area (Å²) in [6.07, 6.45) is 9.42. The summed E-state index contributed by atoms with van der Waals surface area (Å²) in [6, 6.07) is 1.48. The van der Waals surface area contributed by atoms with Crippen LogP contribution in [0.15, 0.2) is 12.4 Å². The van der Waals surface area contributed by atoms with Crippen molar-refractivity contribution in [3.05, 3.63) is 12.4 Å². The second-order valence-corrected chi connectivity index (χ2v) is 5.28. The standard InChI is InChI=1S/C13H22N4/c1-2-17-10-12(9-14-17)15-11-5-7-16-6-3-4-13(16)8-11/h9-11,13,15H,2-8H2,1H3. The van der Waals surface area contributed by atoms with E-state index in [1.165, 1.54) is 44.5 Å². The molecule has 2 saturated heterocycles. The molecule has 4 heteroatoms. The fraction of sp³-hybridized carbons (Fsp3) is 0.769. The van der Waals surface area contributed by atoms with Crippen molar-refractivity contribution in [2.24, 2.45) is 0 Å². The van der Waals surface area contributed by atoms with Crippen LogP contribution in [0.25, 0.3) is 0 Å². The minimum absolute atomic E-state index is 0.642. The molecular weight excluding hydrogens is 212 g/mol. The lowest BCUT2D eigenvalue weighted by Gasteiger charge is -2.35. The molecule has 94 valence electrons. The Morgan fingerprint density at radius 2 is 2.35 bits per heavy atom. The zero-order valence-electron chi connectivity index (χ0n) is 10.6. The zero-order valence-corrected chi connectivity index (χ0v) is 10.6. The van der Waals surface area contributed by atoms with Gasteiger partial charge in [-0.3, -0.25) is 4.68 Å². The highest BCUT2D eigenvalue weighted by atomic mass is 15.3. The average molecular weight is 234 g/mol. The number of rotatable bonds is 3. The van der Waals surface area contributed by atoms with E-state index in [2.05, 4.69) is 28.4 Å². The molecule has 2 aliphatic rings. The van der Waals surface area contributed by atoms with Crippen LogP contribution in [-0.2, 0) is 6.54 Å². The van der Waals surface area contributed by atoms with Crippen LogP contribution < -0.4 is 5.32 Å². The second kappa shape index (κ2) is 4.69. The van der Waals surface area contributed by atoms with Crippen molar-refractivity contribution in [1.82, 2.24) is 14.7 Å². The summed E-state index contributed by atoms with van der Waals surface area (Å²) in [5, 5.41) is 7.95. The molecule has 3 rings (SSSR count). The Morgan fingerprint density at radius 1 is 1.41 bits per heavy atom. The molecule has 1 aromatic rings. The smallest absolute Gasteiger partial charge is 0.0728 e. The predicted octanol–water partition coefficient (Wildman–Crippen LogP) is 1.94. The van der Waals surface area contributed by atoms with Crippen molar-refractivity contribution in [2.75, 3.05) is 18.4 Å². The van der Waals surface area contributed by atoms with Crippen molar-refractivity contribution in [3.63, 3.8) is 0 Å². The Balaban J connectivity index is 1.58. The van der Waals surface area contributed by atoms with Crippen molar-refractivity contribution in [1.29, 1.82) is 0 Å². The lowest BCUT2D eigenvalue weighted by molar-refractivity contribution is 0.188. The van der Waals surface area contributed by atoms with Crippen LogP contribution in [0.5, 0.6) is 0 Å². The molecule has 1 N–H and O–H groups in total. The van der Waals surface area contributed by atoms with Gasteiger partial charge in [0.05, 0.1) is 11.9 Å². The van der Waals surface area contributed by atoms with Gasteiger partial charge < -0.3 is 10.2 Å². The van der Waals surface area contributed by atoms with E-state index in [-0.39, 0.29) is 0 Å². The van der Waals surface area contributed by atoms with Gasteiger partial charge in [-0.1, -0.05) is 0 Å². The van der Waals surface area contributed by atoms with Gasteiger partial charge in [0, 0.05) is 31.4 Å². The fourth-order valence-electron chi connectivity index (χ4n) is 3.20. The fourth-order valence-corrected chi connectivity index (χ4v) is 3.20. The molecule has 17 heavy (non-hydrogen) atoms. The van der Waals surface area contributed by atoms with Crippen molar-refractivity contribution in [3.8, 4) is 0 Å².